The van der Waals surface area contributed by atoms with Gasteiger partial charge in [0.15, 0.2) is 0 Å². The molecule has 1 aliphatic heterocycles. The minimum atomic E-state index is -0.652. The van der Waals surface area contributed by atoms with E-state index in [1.54, 1.807) is 36.4 Å². The van der Waals surface area contributed by atoms with Crippen LogP contribution in [0, 0.1) is 18.3 Å². The number of hydrogen-bond donors (Lipinski definition) is 1. The lowest BCUT2D eigenvalue weighted by Crippen LogP contribution is -2.30. The van der Waals surface area contributed by atoms with E-state index in [-0.39, 0.29) is 21.5 Å². The molecule has 1 heterocycles. The van der Waals surface area contributed by atoms with Crippen LogP contribution in [-0.4, -0.2) is 17.1 Å². The van der Waals surface area contributed by atoms with E-state index in [0.29, 0.717) is 27.8 Å². The Kier molecular flexibility index (Phi) is 7.73. The zero-order valence-corrected chi connectivity index (χ0v) is 21.5. The van der Waals surface area contributed by atoms with Crippen molar-refractivity contribution in [2.24, 2.45) is 0 Å². The van der Waals surface area contributed by atoms with Gasteiger partial charge in [0.1, 0.15) is 16.7 Å². The van der Waals surface area contributed by atoms with E-state index in [4.69, 9.17) is 34.8 Å². The first kappa shape index (κ1) is 25.2. The SMILES string of the molecule is Cc1ccc(C[C@@H]2S/C(=C(/C#N)C(=O)Nc3ccc(Cl)c(Cl)c3)N(c3ccccc3)C2=O)cc1Cl. The molecule has 1 fully saturated rings. The molecule has 0 spiro atoms. The van der Waals surface area contributed by atoms with Crippen molar-refractivity contribution in [3.8, 4) is 6.07 Å². The Hall–Kier alpha value is -2.95. The lowest BCUT2D eigenvalue weighted by Gasteiger charge is -2.18. The van der Waals surface area contributed by atoms with Gasteiger partial charge in [-0.05, 0) is 60.9 Å². The topological polar surface area (TPSA) is 73.2 Å². The Morgan fingerprint density at radius 2 is 1.77 bits per heavy atom. The Morgan fingerprint density at radius 3 is 2.43 bits per heavy atom. The summed E-state index contributed by atoms with van der Waals surface area (Å²) in [4.78, 5) is 28.1. The molecule has 9 heteroatoms. The molecule has 1 N–H and O–H groups in total. The van der Waals surface area contributed by atoms with Gasteiger partial charge in [-0.3, -0.25) is 14.5 Å². The van der Waals surface area contributed by atoms with Gasteiger partial charge < -0.3 is 5.32 Å². The van der Waals surface area contributed by atoms with Crippen molar-refractivity contribution < 1.29 is 9.59 Å². The van der Waals surface area contributed by atoms with Crippen LogP contribution in [0.15, 0.2) is 77.3 Å². The molecule has 2 amide bonds. The fourth-order valence-electron chi connectivity index (χ4n) is 3.54. The number of hydrogen-bond acceptors (Lipinski definition) is 4. The van der Waals surface area contributed by atoms with Crippen LogP contribution in [0.5, 0.6) is 0 Å². The first-order valence-corrected chi connectivity index (χ1v) is 12.5. The van der Waals surface area contributed by atoms with Crippen molar-refractivity contribution in [3.63, 3.8) is 0 Å². The molecular weight excluding hydrogens is 525 g/mol. The number of rotatable bonds is 5. The van der Waals surface area contributed by atoms with Crippen molar-refractivity contribution in [1.82, 2.24) is 0 Å². The monoisotopic (exact) mass is 541 g/mol. The molecular formula is C26H18Cl3N3O2S. The molecule has 0 bridgehead atoms. The molecule has 0 radical (unpaired) electrons. The third-order valence-corrected chi connectivity index (χ3v) is 7.76. The lowest BCUT2D eigenvalue weighted by molar-refractivity contribution is -0.117. The van der Waals surface area contributed by atoms with E-state index in [2.05, 4.69) is 5.32 Å². The fraction of sp³-hybridized carbons (Fsp3) is 0.115. The summed E-state index contributed by atoms with van der Waals surface area (Å²) in [5, 5.41) is 13.6. The molecule has 3 aromatic carbocycles. The Balaban J connectivity index is 1.71. The van der Waals surface area contributed by atoms with Crippen LogP contribution >= 0.6 is 46.6 Å². The number of aryl methyl sites for hydroxylation is 1. The number of carbonyl (C=O) groups excluding carboxylic acids is 2. The highest BCUT2D eigenvalue weighted by atomic mass is 35.5. The summed E-state index contributed by atoms with van der Waals surface area (Å²) >= 11 is 19.5. The van der Waals surface area contributed by atoms with Crippen molar-refractivity contribution in [2.75, 3.05) is 10.2 Å². The van der Waals surface area contributed by atoms with Gasteiger partial charge >= 0.3 is 0 Å². The maximum absolute atomic E-state index is 13.5. The predicted molar refractivity (Wildman–Crippen MR) is 143 cm³/mol. The average molecular weight is 543 g/mol. The minimum absolute atomic E-state index is 0.178. The van der Waals surface area contributed by atoms with E-state index in [9.17, 15) is 14.9 Å². The van der Waals surface area contributed by atoms with E-state index in [1.165, 1.54) is 22.7 Å². The van der Waals surface area contributed by atoms with Crippen molar-refractivity contribution in [3.05, 3.63) is 104 Å². The summed E-state index contributed by atoms with van der Waals surface area (Å²) < 4.78 is 0. The molecule has 1 saturated heterocycles. The number of nitrogens with one attached hydrogen (secondary N) is 1. The van der Waals surface area contributed by atoms with Crippen molar-refractivity contribution in [2.45, 2.75) is 18.6 Å². The number of nitrogens with zero attached hydrogens (tertiary/aromatic N) is 2. The summed E-state index contributed by atoms with van der Waals surface area (Å²) in [7, 11) is 0. The zero-order chi connectivity index (χ0) is 25.1. The number of thioether (sulfide) groups is 1. The molecule has 1 atom stereocenters. The number of benzene rings is 3. The van der Waals surface area contributed by atoms with E-state index < -0.39 is 11.2 Å². The molecule has 5 nitrogen and oxygen atoms in total. The molecule has 1 aliphatic rings. The number of nitriles is 1. The van der Waals surface area contributed by atoms with E-state index in [0.717, 1.165) is 11.1 Å². The van der Waals surface area contributed by atoms with Crippen LogP contribution in [0.2, 0.25) is 15.1 Å². The number of para-hydroxylation sites is 1. The van der Waals surface area contributed by atoms with E-state index in [1.807, 2.05) is 37.3 Å². The third-order valence-electron chi connectivity index (χ3n) is 5.35. The normalized spacial score (nSPS) is 16.7. The first-order chi connectivity index (χ1) is 16.8. The Labute approximate surface area is 222 Å². The Morgan fingerprint density at radius 1 is 1.03 bits per heavy atom. The van der Waals surface area contributed by atoms with Gasteiger partial charge in [0.05, 0.1) is 15.3 Å². The zero-order valence-electron chi connectivity index (χ0n) is 18.4. The second kappa shape index (κ2) is 10.8. The first-order valence-electron chi connectivity index (χ1n) is 10.5. The standard InChI is InChI=1S/C26H18Cl3N3O2S/c1-15-7-8-16(11-21(15)28)12-23-25(34)32(18-5-3-2-4-6-18)26(35-23)19(14-30)24(33)31-17-9-10-20(27)22(29)13-17/h2-11,13,23H,12H2,1H3,(H,31,33)/b26-19-/t23-/m0/s1. The number of halogens is 3. The summed E-state index contributed by atoms with van der Waals surface area (Å²) in [5.41, 5.74) is 2.60. The number of carbonyl (C=O) groups is 2. The number of amides is 2. The number of anilines is 2. The molecule has 0 aliphatic carbocycles. The van der Waals surface area contributed by atoms with Crippen LogP contribution in [0.3, 0.4) is 0 Å². The molecule has 35 heavy (non-hydrogen) atoms. The smallest absolute Gasteiger partial charge is 0.269 e. The van der Waals surface area contributed by atoms with Crippen LogP contribution in [0.1, 0.15) is 11.1 Å². The fourth-order valence-corrected chi connectivity index (χ4v) is 5.35. The van der Waals surface area contributed by atoms with Gasteiger partial charge in [0.25, 0.3) is 5.91 Å². The largest absolute Gasteiger partial charge is 0.321 e. The van der Waals surface area contributed by atoms with E-state index >= 15 is 0 Å². The van der Waals surface area contributed by atoms with Gasteiger partial charge in [-0.1, -0.05) is 76.9 Å². The molecule has 3 aromatic rings. The van der Waals surface area contributed by atoms with Crippen LogP contribution in [0.25, 0.3) is 0 Å². The summed E-state index contributed by atoms with van der Waals surface area (Å²) in [6, 6.07) is 21.2. The van der Waals surface area contributed by atoms with Gasteiger partial charge in [0, 0.05) is 16.4 Å². The summed E-state index contributed by atoms with van der Waals surface area (Å²) in [5.74, 6) is -0.871. The Bertz CT molecular complexity index is 1390. The van der Waals surface area contributed by atoms with Gasteiger partial charge in [0.2, 0.25) is 5.91 Å². The van der Waals surface area contributed by atoms with Gasteiger partial charge in [-0.2, -0.15) is 5.26 Å². The highest BCUT2D eigenvalue weighted by Crippen LogP contribution is 2.42. The minimum Gasteiger partial charge on any atom is -0.321 e. The van der Waals surface area contributed by atoms with Gasteiger partial charge in [-0.25, -0.2) is 0 Å². The molecule has 0 saturated carbocycles. The third kappa shape index (κ3) is 5.50. The second-order valence-corrected chi connectivity index (χ2v) is 10.2. The average Bonchev–Trinajstić information content (AvgIpc) is 3.15. The molecule has 0 aromatic heterocycles. The molecule has 4 rings (SSSR count). The quantitative estimate of drug-likeness (QED) is 0.278. The molecule has 176 valence electrons. The van der Waals surface area contributed by atoms with Crippen LogP contribution in [0.4, 0.5) is 11.4 Å². The second-order valence-electron chi connectivity index (χ2n) is 7.78. The summed E-state index contributed by atoms with van der Waals surface area (Å²) in [6.45, 7) is 1.91. The highest BCUT2D eigenvalue weighted by molar-refractivity contribution is 8.05. The molecule has 0 unspecified atom stereocenters. The highest BCUT2D eigenvalue weighted by Gasteiger charge is 2.40. The maximum Gasteiger partial charge on any atom is 0.269 e. The lowest BCUT2D eigenvalue weighted by atomic mass is 10.1. The summed E-state index contributed by atoms with van der Waals surface area (Å²) in [6.07, 6.45) is 0.392. The van der Waals surface area contributed by atoms with Gasteiger partial charge in [-0.15, -0.1) is 0 Å². The maximum atomic E-state index is 13.5. The van der Waals surface area contributed by atoms with Crippen LogP contribution in [-0.2, 0) is 16.0 Å². The predicted octanol–water partition coefficient (Wildman–Crippen LogP) is 7.02. The van der Waals surface area contributed by atoms with Crippen molar-refractivity contribution in [1.29, 1.82) is 5.26 Å². The van der Waals surface area contributed by atoms with Crippen molar-refractivity contribution >= 4 is 69.8 Å². The van der Waals surface area contributed by atoms with Crippen LogP contribution < -0.4 is 10.2 Å².